The summed E-state index contributed by atoms with van der Waals surface area (Å²) in [5.74, 6) is 0.0493. The lowest BCUT2D eigenvalue weighted by Crippen LogP contribution is -2.30. The van der Waals surface area contributed by atoms with Crippen molar-refractivity contribution in [3.63, 3.8) is 0 Å². The number of aryl methyl sites for hydroxylation is 1. The Morgan fingerprint density at radius 3 is 2.74 bits per heavy atom. The summed E-state index contributed by atoms with van der Waals surface area (Å²) in [6.07, 6.45) is 1.62. The van der Waals surface area contributed by atoms with Crippen LogP contribution in [0.15, 0.2) is 42.6 Å². The summed E-state index contributed by atoms with van der Waals surface area (Å²) in [5, 5.41) is 9.51. The Hall–Kier alpha value is -2.36. The van der Waals surface area contributed by atoms with E-state index in [0.717, 1.165) is 5.69 Å². The number of nitrogens with zero attached hydrogens (tertiary/aromatic N) is 2. The minimum absolute atomic E-state index is 0.0985. The van der Waals surface area contributed by atoms with Gasteiger partial charge >= 0.3 is 0 Å². The van der Waals surface area contributed by atoms with Gasteiger partial charge in [-0.2, -0.15) is 0 Å². The minimum Gasteiger partial charge on any atom is -0.508 e. The molecule has 0 aliphatic heterocycles. The number of carbonyl (C=O) groups excluding carboxylic acids is 1. The van der Waals surface area contributed by atoms with Crippen molar-refractivity contribution in [3.05, 3.63) is 53.9 Å². The van der Waals surface area contributed by atoms with Gasteiger partial charge in [0.25, 0.3) is 5.91 Å². The molecule has 0 aliphatic carbocycles. The quantitative estimate of drug-likeness (QED) is 0.918. The van der Waals surface area contributed by atoms with Gasteiger partial charge in [0.1, 0.15) is 5.75 Å². The summed E-state index contributed by atoms with van der Waals surface area (Å²) in [6.45, 7) is 4.28. The maximum Gasteiger partial charge on any atom is 0.258 e. The molecule has 0 atom stereocenters. The predicted octanol–water partition coefficient (Wildman–Crippen LogP) is 2.76. The van der Waals surface area contributed by atoms with E-state index in [9.17, 15) is 9.90 Å². The van der Waals surface area contributed by atoms with E-state index >= 15 is 0 Å². The number of aromatic hydroxyl groups is 1. The van der Waals surface area contributed by atoms with Crippen LogP contribution in [0.2, 0.25) is 0 Å². The SMILES string of the molecule is CCN(C(=O)c1ccnc(C)c1)c1cccc(O)c1. The molecule has 1 aromatic carbocycles. The van der Waals surface area contributed by atoms with Gasteiger partial charge in [-0.05, 0) is 38.1 Å². The van der Waals surface area contributed by atoms with E-state index in [1.807, 2.05) is 13.8 Å². The van der Waals surface area contributed by atoms with E-state index in [2.05, 4.69) is 4.98 Å². The Labute approximate surface area is 112 Å². The molecule has 2 rings (SSSR count). The van der Waals surface area contributed by atoms with Crippen LogP contribution in [-0.4, -0.2) is 22.5 Å². The van der Waals surface area contributed by atoms with Crippen molar-refractivity contribution in [3.8, 4) is 5.75 Å². The summed E-state index contributed by atoms with van der Waals surface area (Å²) < 4.78 is 0. The number of pyridine rings is 1. The summed E-state index contributed by atoms with van der Waals surface area (Å²) in [5.41, 5.74) is 2.08. The van der Waals surface area contributed by atoms with E-state index in [-0.39, 0.29) is 11.7 Å². The number of rotatable bonds is 3. The van der Waals surface area contributed by atoms with Gasteiger partial charge in [-0.15, -0.1) is 0 Å². The van der Waals surface area contributed by atoms with Crippen LogP contribution in [0.1, 0.15) is 23.0 Å². The molecule has 98 valence electrons. The smallest absolute Gasteiger partial charge is 0.258 e. The van der Waals surface area contributed by atoms with E-state index < -0.39 is 0 Å². The number of phenolic OH excluding ortho intramolecular Hbond substituents is 1. The number of hydrogen-bond acceptors (Lipinski definition) is 3. The lowest BCUT2D eigenvalue weighted by atomic mass is 10.2. The molecule has 0 spiro atoms. The highest BCUT2D eigenvalue weighted by Crippen LogP contribution is 2.21. The lowest BCUT2D eigenvalue weighted by Gasteiger charge is -2.21. The average Bonchev–Trinajstić information content (AvgIpc) is 2.39. The molecule has 0 saturated heterocycles. The van der Waals surface area contributed by atoms with Crippen LogP contribution in [0.4, 0.5) is 5.69 Å². The van der Waals surface area contributed by atoms with Crippen LogP contribution < -0.4 is 4.90 Å². The maximum atomic E-state index is 12.5. The molecule has 0 aliphatic rings. The van der Waals surface area contributed by atoms with Crippen molar-refractivity contribution in [2.24, 2.45) is 0 Å². The Morgan fingerprint density at radius 1 is 1.32 bits per heavy atom. The summed E-state index contributed by atoms with van der Waals surface area (Å²) >= 11 is 0. The van der Waals surface area contributed by atoms with Crippen LogP contribution in [0.25, 0.3) is 0 Å². The van der Waals surface area contributed by atoms with Gasteiger partial charge in [-0.25, -0.2) is 0 Å². The van der Waals surface area contributed by atoms with Crippen molar-refractivity contribution in [1.29, 1.82) is 0 Å². The summed E-state index contributed by atoms with van der Waals surface area (Å²) in [6, 6.07) is 10.1. The molecule has 19 heavy (non-hydrogen) atoms. The largest absolute Gasteiger partial charge is 0.508 e. The van der Waals surface area contributed by atoms with Gasteiger partial charge in [-0.1, -0.05) is 6.07 Å². The number of hydrogen-bond donors (Lipinski definition) is 1. The Bertz CT molecular complexity index is 596. The zero-order valence-corrected chi connectivity index (χ0v) is 11.0. The highest BCUT2D eigenvalue weighted by atomic mass is 16.3. The van der Waals surface area contributed by atoms with Crippen LogP contribution in [-0.2, 0) is 0 Å². The molecule has 2 aromatic rings. The van der Waals surface area contributed by atoms with Crippen LogP contribution in [0, 0.1) is 6.92 Å². The van der Waals surface area contributed by atoms with Crippen molar-refractivity contribution < 1.29 is 9.90 Å². The van der Waals surface area contributed by atoms with E-state index in [0.29, 0.717) is 17.8 Å². The second kappa shape index (κ2) is 5.52. The lowest BCUT2D eigenvalue weighted by molar-refractivity contribution is 0.0988. The standard InChI is InChI=1S/C15H16N2O2/c1-3-17(13-5-4-6-14(18)10-13)15(19)12-7-8-16-11(2)9-12/h4-10,18H,3H2,1-2H3. The summed E-state index contributed by atoms with van der Waals surface area (Å²) in [4.78, 5) is 18.2. The molecule has 1 N–H and O–H groups in total. The fourth-order valence-electron chi connectivity index (χ4n) is 1.94. The second-order valence-corrected chi connectivity index (χ2v) is 4.26. The van der Waals surface area contributed by atoms with Crippen LogP contribution in [0.5, 0.6) is 5.75 Å². The first-order valence-corrected chi connectivity index (χ1v) is 6.15. The zero-order chi connectivity index (χ0) is 13.8. The molecular formula is C15H16N2O2. The van der Waals surface area contributed by atoms with Crippen molar-refractivity contribution in [1.82, 2.24) is 4.98 Å². The highest BCUT2D eigenvalue weighted by Gasteiger charge is 2.16. The van der Waals surface area contributed by atoms with Crippen molar-refractivity contribution in [2.45, 2.75) is 13.8 Å². The molecular weight excluding hydrogens is 240 g/mol. The van der Waals surface area contributed by atoms with Gasteiger partial charge < -0.3 is 10.0 Å². The third-order valence-electron chi connectivity index (χ3n) is 2.85. The predicted molar refractivity (Wildman–Crippen MR) is 74.4 cm³/mol. The van der Waals surface area contributed by atoms with Gasteiger partial charge in [0.05, 0.1) is 0 Å². The van der Waals surface area contributed by atoms with Gasteiger partial charge in [0.2, 0.25) is 0 Å². The fraction of sp³-hybridized carbons (Fsp3) is 0.200. The topological polar surface area (TPSA) is 53.4 Å². The molecule has 0 radical (unpaired) electrons. The Kier molecular flexibility index (Phi) is 3.80. The molecule has 4 heteroatoms. The van der Waals surface area contributed by atoms with Gasteiger partial charge in [0.15, 0.2) is 0 Å². The number of anilines is 1. The number of aromatic nitrogens is 1. The normalized spacial score (nSPS) is 10.2. The molecule has 1 heterocycles. The molecule has 4 nitrogen and oxygen atoms in total. The Balaban J connectivity index is 2.34. The molecule has 0 unspecified atom stereocenters. The monoisotopic (exact) mass is 256 g/mol. The highest BCUT2D eigenvalue weighted by molar-refractivity contribution is 6.06. The second-order valence-electron chi connectivity index (χ2n) is 4.26. The van der Waals surface area contributed by atoms with E-state index in [1.165, 1.54) is 0 Å². The van der Waals surface area contributed by atoms with E-state index in [4.69, 9.17) is 0 Å². The third-order valence-corrected chi connectivity index (χ3v) is 2.85. The number of benzene rings is 1. The molecule has 0 bridgehead atoms. The van der Waals surface area contributed by atoms with Crippen LogP contribution in [0.3, 0.4) is 0 Å². The third kappa shape index (κ3) is 2.91. The first-order valence-electron chi connectivity index (χ1n) is 6.15. The molecule has 1 amide bonds. The number of phenols is 1. The molecule has 0 saturated carbocycles. The summed E-state index contributed by atoms with van der Waals surface area (Å²) in [7, 11) is 0. The molecule has 0 fully saturated rings. The number of amides is 1. The van der Waals surface area contributed by atoms with E-state index in [1.54, 1.807) is 47.5 Å². The zero-order valence-electron chi connectivity index (χ0n) is 11.0. The van der Waals surface area contributed by atoms with Crippen molar-refractivity contribution in [2.75, 3.05) is 11.4 Å². The van der Waals surface area contributed by atoms with Gasteiger partial charge in [0, 0.05) is 35.8 Å². The minimum atomic E-state index is -0.0985. The fourth-order valence-corrected chi connectivity index (χ4v) is 1.94. The van der Waals surface area contributed by atoms with Crippen LogP contribution >= 0.6 is 0 Å². The van der Waals surface area contributed by atoms with Gasteiger partial charge in [-0.3, -0.25) is 9.78 Å². The molecule has 1 aromatic heterocycles. The Morgan fingerprint density at radius 2 is 2.11 bits per heavy atom. The van der Waals surface area contributed by atoms with Crippen molar-refractivity contribution >= 4 is 11.6 Å². The maximum absolute atomic E-state index is 12.5. The number of carbonyl (C=O) groups is 1. The first kappa shape index (κ1) is 13.1. The first-order chi connectivity index (χ1) is 9.11. The average molecular weight is 256 g/mol.